The van der Waals surface area contributed by atoms with Crippen LogP contribution in [0.5, 0.6) is 0 Å². The Morgan fingerprint density at radius 1 is 0.818 bits per heavy atom. The van der Waals surface area contributed by atoms with Gasteiger partial charge in [0.25, 0.3) is 0 Å². The van der Waals surface area contributed by atoms with Crippen molar-refractivity contribution >= 4 is 56.8 Å². The SMILES string of the molecule is O=C(O)c1ccc(SSc2ccc(C(=O)O)cn2)nc1.SS. The summed E-state index contributed by atoms with van der Waals surface area (Å²) >= 11 is 6.44. The maximum atomic E-state index is 10.7. The Morgan fingerprint density at radius 2 is 1.18 bits per heavy atom. The molecule has 2 rings (SSSR count). The molecule has 0 atom stereocenters. The predicted molar refractivity (Wildman–Crippen MR) is 92.1 cm³/mol. The summed E-state index contributed by atoms with van der Waals surface area (Å²) in [4.78, 5) is 29.3. The molecule has 0 aliphatic heterocycles. The lowest BCUT2D eigenvalue weighted by Crippen LogP contribution is -1.96. The summed E-state index contributed by atoms with van der Waals surface area (Å²) in [5.74, 6) is -2.04. The molecule has 0 aromatic carbocycles. The van der Waals surface area contributed by atoms with Crippen molar-refractivity contribution in [3.63, 3.8) is 0 Å². The van der Waals surface area contributed by atoms with Crippen LogP contribution < -0.4 is 0 Å². The number of carboxylic acids is 2. The second-order valence-electron chi connectivity index (χ2n) is 3.55. The lowest BCUT2D eigenvalue weighted by molar-refractivity contribution is 0.0685. The molecule has 0 spiro atoms. The van der Waals surface area contributed by atoms with Crippen LogP contribution in [0, 0.1) is 0 Å². The number of carbonyl (C=O) groups is 2. The van der Waals surface area contributed by atoms with Crippen molar-refractivity contribution in [3.8, 4) is 0 Å². The summed E-state index contributed by atoms with van der Waals surface area (Å²) in [6.07, 6.45) is 2.57. The van der Waals surface area contributed by atoms with E-state index in [1.54, 1.807) is 12.1 Å². The molecule has 0 aliphatic carbocycles. The van der Waals surface area contributed by atoms with E-state index in [2.05, 4.69) is 33.3 Å². The Balaban J connectivity index is 0.00000116. The van der Waals surface area contributed by atoms with E-state index in [4.69, 9.17) is 10.2 Å². The first kappa shape index (κ1) is 18.7. The third-order valence-corrected chi connectivity index (χ3v) is 4.36. The molecule has 0 aliphatic rings. The molecule has 0 amide bonds. The average Bonchev–Trinajstić information content (AvgIpc) is 2.55. The quantitative estimate of drug-likeness (QED) is 0.466. The highest BCUT2D eigenvalue weighted by Crippen LogP contribution is 2.34. The molecule has 0 radical (unpaired) electrons. The Kier molecular flexibility index (Phi) is 8.17. The van der Waals surface area contributed by atoms with Crippen molar-refractivity contribution in [3.05, 3.63) is 47.8 Å². The molecular weight excluding hydrogens is 364 g/mol. The smallest absolute Gasteiger partial charge is 0.337 e. The number of hydrogen-bond acceptors (Lipinski definition) is 8. The molecule has 2 heterocycles. The normalized spacial score (nSPS) is 9.55. The van der Waals surface area contributed by atoms with Crippen molar-refractivity contribution in [1.82, 2.24) is 9.97 Å². The van der Waals surface area contributed by atoms with Gasteiger partial charge in [-0.25, -0.2) is 19.6 Å². The number of hydrogen-bond donors (Lipinski definition) is 4. The predicted octanol–water partition coefficient (Wildman–Crippen LogP) is 3.43. The summed E-state index contributed by atoms with van der Waals surface area (Å²) in [7, 11) is 2.62. The Hall–Kier alpha value is -1.36. The van der Waals surface area contributed by atoms with Crippen molar-refractivity contribution in [2.24, 2.45) is 0 Å². The second-order valence-corrected chi connectivity index (χ2v) is 5.72. The number of aromatic nitrogens is 2. The van der Waals surface area contributed by atoms with Crippen molar-refractivity contribution in [2.45, 2.75) is 10.1 Å². The molecule has 116 valence electrons. The van der Waals surface area contributed by atoms with E-state index in [-0.39, 0.29) is 11.1 Å². The molecule has 2 aromatic rings. The van der Waals surface area contributed by atoms with Crippen LogP contribution in [-0.2, 0) is 0 Å². The molecule has 0 unspecified atom stereocenters. The zero-order valence-electron chi connectivity index (χ0n) is 10.8. The van der Waals surface area contributed by atoms with Gasteiger partial charge >= 0.3 is 11.9 Å². The van der Waals surface area contributed by atoms with E-state index in [0.717, 1.165) is 0 Å². The first-order valence-electron chi connectivity index (χ1n) is 5.49. The van der Waals surface area contributed by atoms with Crippen LogP contribution in [0.3, 0.4) is 0 Å². The molecular formula is C12H10N2O4S4. The Labute approximate surface area is 144 Å². The van der Waals surface area contributed by atoms with E-state index in [9.17, 15) is 9.59 Å². The van der Waals surface area contributed by atoms with Gasteiger partial charge < -0.3 is 10.2 Å². The summed E-state index contributed by atoms with van der Waals surface area (Å²) < 4.78 is 0. The Morgan fingerprint density at radius 3 is 1.41 bits per heavy atom. The lowest BCUT2D eigenvalue weighted by Gasteiger charge is -2.01. The first-order valence-corrected chi connectivity index (χ1v) is 9.24. The minimum absolute atomic E-state index is 0.128. The molecule has 22 heavy (non-hydrogen) atoms. The second kappa shape index (κ2) is 9.62. The van der Waals surface area contributed by atoms with Crippen LogP contribution in [0.15, 0.2) is 46.7 Å². The van der Waals surface area contributed by atoms with Gasteiger partial charge in [-0.15, -0.1) is 23.3 Å². The maximum Gasteiger partial charge on any atom is 0.337 e. The molecule has 10 heteroatoms. The largest absolute Gasteiger partial charge is 0.478 e. The van der Waals surface area contributed by atoms with E-state index in [0.29, 0.717) is 10.1 Å². The number of nitrogens with zero attached hydrogens (tertiary/aromatic N) is 2. The van der Waals surface area contributed by atoms with Gasteiger partial charge in [0.05, 0.1) is 11.1 Å². The highest BCUT2D eigenvalue weighted by atomic mass is 33.1. The van der Waals surface area contributed by atoms with Crippen LogP contribution in [0.2, 0.25) is 0 Å². The Bertz CT molecular complexity index is 577. The molecule has 0 saturated carbocycles. The topological polar surface area (TPSA) is 100 Å². The molecule has 2 N–H and O–H groups in total. The van der Waals surface area contributed by atoms with Crippen LogP contribution in [0.4, 0.5) is 0 Å². The lowest BCUT2D eigenvalue weighted by atomic mass is 10.3. The molecule has 0 fully saturated rings. The minimum Gasteiger partial charge on any atom is -0.478 e. The highest BCUT2D eigenvalue weighted by Gasteiger charge is 2.06. The van der Waals surface area contributed by atoms with Gasteiger partial charge in [-0.3, -0.25) is 0 Å². The van der Waals surface area contributed by atoms with Gasteiger partial charge in [-0.2, -0.15) is 0 Å². The number of thiol groups is 2. The van der Waals surface area contributed by atoms with E-state index in [1.807, 2.05) is 0 Å². The van der Waals surface area contributed by atoms with E-state index in [1.165, 1.54) is 46.1 Å². The monoisotopic (exact) mass is 374 g/mol. The minimum atomic E-state index is -1.02. The average molecular weight is 374 g/mol. The zero-order chi connectivity index (χ0) is 16.5. The van der Waals surface area contributed by atoms with E-state index < -0.39 is 11.9 Å². The summed E-state index contributed by atoms with van der Waals surface area (Å²) in [5.41, 5.74) is 0.256. The molecule has 2 aromatic heterocycles. The van der Waals surface area contributed by atoms with Crippen molar-refractivity contribution in [1.29, 1.82) is 0 Å². The van der Waals surface area contributed by atoms with Gasteiger partial charge in [0, 0.05) is 12.4 Å². The molecule has 0 saturated heterocycles. The standard InChI is InChI=1S/C12H8N2O4S2.H2S2/c15-11(16)7-1-3-9(13-5-7)19-20-10-4-2-8(6-14-10)12(17)18;1-2/h1-6H,(H,15,16)(H,17,18);1-2H. The van der Waals surface area contributed by atoms with E-state index >= 15 is 0 Å². The zero-order valence-corrected chi connectivity index (χ0v) is 14.2. The molecule has 6 nitrogen and oxygen atoms in total. The highest BCUT2D eigenvalue weighted by molar-refractivity contribution is 8.76. The summed E-state index contributed by atoms with van der Waals surface area (Å²) in [5, 5.41) is 18.8. The van der Waals surface area contributed by atoms with Crippen LogP contribution >= 0.6 is 44.9 Å². The third-order valence-electron chi connectivity index (χ3n) is 2.18. The van der Waals surface area contributed by atoms with Crippen molar-refractivity contribution < 1.29 is 19.8 Å². The fourth-order valence-corrected chi connectivity index (χ4v) is 2.91. The fourth-order valence-electron chi connectivity index (χ4n) is 1.20. The van der Waals surface area contributed by atoms with Crippen LogP contribution in [0.1, 0.15) is 20.7 Å². The van der Waals surface area contributed by atoms with Crippen LogP contribution in [0.25, 0.3) is 0 Å². The van der Waals surface area contributed by atoms with Crippen LogP contribution in [-0.4, -0.2) is 32.1 Å². The van der Waals surface area contributed by atoms with Gasteiger partial charge in [0.1, 0.15) is 10.1 Å². The van der Waals surface area contributed by atoms with Gasteiger partial charge in [-0.1, -0.05) is 0 Å². The number of carboxylic acid groups (broad SMARTS) is 2. The summed E-state index contributed by atoms with van der Waals surface area (Å²) in [6.45, 7) is 0. The first-order chi connectivity index (χ1) is 10.6. The number of rotatable bonds is 5. The van der Waals surface area contributed by atoms with Gasteiger partial charge in [-0.05, 0) is 45.9 Å². The maximum absolute atomic E-state index is 10.7. The number of aromatic carboxylic acids is 2. The third kappa shape index (κ3) is 5.79. The fraction of sp³-hybridized carbons (Fsp3) is 0. The number of pyridine rings is 2. The van der Waals surface area contributed by atoms with Gasteiger partial charge in [0.2, 0.25) is 0 Å². The molecule has 0 bridgehead atoms. The van der Waals surface area contributed by atoms with Gasteiger partial charge in [0.15, 0.2) is 0 Å². The summed E-state index contributed by atoms with van der Waals surface area (Å²) in [6, 6.07) is 6.15. The van der Waals surface area contributed by atoms with Crippen molar-refractivity contribution in [2.75, 3.05) is 0 Å².